The van der Waals surface area contributed by atoms with E-state index >= 15 is 0 Å². The monoisotopic (exact) mass is 192 g/mol. The molecule has 0 unspecified atom stereocenters. The number of rotatable bonds is 0. The summed E-state index contributed by atoms with van der Waals surface area (Å²) in [5.41, 5.74) is 0. The van der Waals surface area contributed by atoms with Gasteiger partial charge >= 0.3 is 23.9 Å². The summed E-state index contributed by atoms with van der Waals surface area (Å²) in [4.78, 5) is 0. The molecule has 0 saturated carbocycles. The van der Waals surface area contributed by atoms with E-state index in [0.717, 1.165) is 0 Å². The summed E-state index contributed by atoms with van der Waals surface area (Å²) in [6, 6.07) is 0. The van der Waals surface area contributed by atoms with Crippen LogP contribution in [0.3, 0.4) is 0 Å². The average Bonchev–Trinajstić information content (AvgIpc) is 0. The van der Waals surface area contributed by atoms with Crippen molar-refractivity contribution in [2.24, 2.45) is 0 Å². The standard InChI is InChI=1S/ClH.2H3N.Sn.2H/h1H;2*1H3;;;. The van der Waals surface area contributed by atoms with Crippen LogP contribution in [0.5, 0.6) is 0 Å². The second-order valence-electron chi connectivity index (χ2n) is 0. The molecule has 0 rings (SSSR count). The molecule has 0 aromatic carbocycles. The molecule has 0 amide bonds. The second-order valence-corrected chi connectivity index (χ2v) is 0. The summed E-state index contributed by atoms with van der Waals surface area (Å²) in [7, 11) is 0. The molecule has 0 aromatic heterocycles. The number of halogens is 1. The van der Waals surface area contributed by atoms with E-state index in [4.69, 9.17) is 0 Å². The molecule has 0 atom stereocenters. The fraction of sp³-hybridized carbons (Fsp3) is 0. The third-order valence-corrected chi connectivity index (χ3v) is 0. The zero-order valence-corrected chi connectivity index (χ0v) is 7.38. The van der Waals surface area contributed by atoms with Crippen LogP contribution in [-0.4, -0.2) is 23.9 Å². The molecule has 0 aliphatic heterocycles. The van der Waals surface area contributed by atoms with Crippen molar-refractivity contribution >= 4 is 36.3 Å². The van der Waals surface area contributed by atoms with E-state index < -0.39 is 0 Å². The first-order valence-electron chi connectivity index (χ1n) is 0. The van der Waals surface area contributed by atoms with E-state index in [0.29, 0.717) is 0 Å². The third kappa shape index (κ3) is 11.9. The van der Waals surface area contributed by atoms with Crippen molar-refractivity contribution in [1.82, 2.24) is 12.3 Å². The molecule has 0 aliphatic carbocycles. The molecular weight excluding hydrogens is 182 g/mol. The van der Waals surface area contributed by atoms with E-state index in [1.54, 1.807) is 0 Å². The summed E-state index contributed by atoms with van der Waals surface area (Å²) in [6.45, 7) is 0. The second kappa shape index (κ2) is 35.7. The van der Waals surface area contributed by atoms with Gasteiger partial charge in [-0.25, -0.2) is 0 Å². The van der Waals surface area contributed by atoms with Gasteiger partial charge in [0.05, 0.1) is 0 Å². The summed E-state index contributed by atoms with van der Waals surface area (Å²) in [5.74, 6) is 0. The van der Waals surface area contributed by atoms with Crippen LogP contribution in [0.2, 0.25) is 0 Å². The van der Waals surface area contributed by atoms with Gasteiger partial charge < -0.3 is 12.3 Å². The van der Waals surface area contributed by atoms with Crippen LogP contribution in [0.1, 0.15) is 0 Å². The quantitative estimate of drug-likeness (QED) is 0.522. The third-order valence-electron chi connectivity index (χ3n) is 0. The summed E-state index contributed by atoms with van der Waals surface area (Å²) in [6.07, 6.45) is 0. The van der Waals surface area contributed by atoms with Crippen molar-refractivity contribution in [3.63, 3.8) is 0 Å². The van der Waals surface area contributed by atoms with E-state index in [1.807, 2.05) is 0 Å². The number of hydrogen-bond acceptors (Lipinski definition) is 2. The van der Waals surface area contributed by atoms with Crippen LogP contribution in [0.25, 0.3) is 0 Å². The predicted octanol–water partition coefficient (Wildman–Crippen LogP) is -0.170. The molecular formula is H9ClN2Sn. The molecule has 0 aromatic rings. The van der Waals surface area contributed by atoms with Gasteiger partial charge in [-0.1, -0.05) is 0 Å². The van der Waals surface area contributed by atoms with Crippen molar-refractivity contribution in [3.8, 4) is 0 Å². The van der Waals surface area contributed by atoms with E-state index in [1.165, 1.54) is 0 Å². The van der Waals surface area contributed by atoms with Crippen molar-refractivity contribution in [2.45, 2.75) is 0 Å². The van der Waals surface area contributed by atoms with Gasteiger partial charge in [-0.3, -0.25) is 0 Å². The molecule has 0 aliphatic rings. The summed E-state index contributed by atoms with van der Waals surface area (Å²) in [5, 5.41) is 0. The van der Waals surface area contributed by atoms with Crippen LogP contribution < -0.4 is 12.3 Å². The van der Waals surface area contributed by atoms with Crippen molar-refractivity contribution in [3.05, 3.63) is 0 Å². The van der Waals surface area contributed by atoms with Gasteiger partial charge in [0.1, 0.15) is 0 Å². The Morgan fingerprint density at radius 1 is 0.750 bits per heavy atom. The Kier molecular flexibility index (Phi) is 705. The van der Waals surface area contributed by atoms with Crippen molar-refractivity contribution in [1.29, 1.82) is 0 Å². The Morgan fingerprint density at radius 3 is 0.750 bits per heavy atom. The Hall–Kier alpha value is 1.01. The normalized spacial score (nSPS) is 0. The SMILES string of the molecule is Cl.N.N.[SnH2]. The Morgan fingerprint density at radius 2 is 0.750 bits per heavy atom. The van der Waals surface area contributed by atoms with E-state index in [-0.39, 0.29) is 48.6 Å². The first-order valence-corrected chi connectivity index (χ1v) is 0. The van der Waals surface area contributed by atoms with Crippen LogP contribution in [0, 0.1) is 0 Å². The Balaban J connectivity index is 0. The van der Waals surface area contributed by atoms with Crippen molar-refractivity contribution in [2.75, 3.05) is 0 Å². The topological polar surface area (TPSA) is 70.0 Å². The molecule has 0 bridgehead atoms. The average molecular weight is 191 g/mol. The molecule has 0 heterocycles. The molecule has 2 radical (unpaired) electrons. The maximum atomic E-state index is 0. The van der Waals surface area contributed by atoms with Crippen molar-refractivity contribution < 1.29 is 0 Å². The van der Waals surface area contributed by atoms with Crippen LogP contribution in [0.4, 0.5) is 0 Å². The molecule has 0 fully saturated rings. The Labute approximate surface area is 48.9 Å². The fourth-order valence-corrected chi connectivity index (χ4v) is 0. The Bertz CT molecular complexity index is 6.00. The number of hydrogen-bond donors (Lipinski definition) is 2. The maximum absolute atomic E-state index is 0. The zero-order valence-electron chi connectivity index (χ0n) is 2.53. The molecule has 2 nitrogen and oxygen atoms in total. The van der Waals surface area contributed by atoms with Gasteiger partial charge in [0, 0.05) is 0 Å². The molecule has 4 heteroatoms. The van der Waals surface area contributed by atoms with Gasteiger partial charge in [0.25, 0.3) is 0 Å². The summed E-state index contributed by atoms with van der Waals surface area (Å²) < 4.78 is 0. The van der Waals surface area contributed by atoms with Crippen LogP contribution >= 0.6 is 12.4 Å². The van der Waals surface area contributed by atoms with E-state index in [9.17, 15) is 0 Å². The zero-order chi connectivity index (χ0) is 0. The minimum absolute atomic E-state index is 0. The molecule has 0 saturated heterocycles. The van der Waals surface area contributed by atoms with E-state index in [2.05, 4.69) is 0 Å². The predicted molar refractivity (Wildman–Crippen MR) is 25.8 cm³/mol. The fourth-order valence-electron chi connectivity index (χ4n) is 0. The van der Waals surface area contributed by atoms with Gasteiger partial charge in [-0.05, 0) is 0 Å². The molecule has 0 spiro atoms. The first kappa shape index (κ1) is 79.1. The van der Waals surface area contributed by atoms with Gasteiger partial charge in [-0.2, -0.15) is 0 Å². The molecule has 6 N–H and O–H groups in total. The van der Waals surface area contributed by atoms with Crippen LogP contribution in [-0.2, 0) is 0 Å². The first-order chi connectivity index (χ1) is 0. The van der Waals surface area contributed by atoms with Gasteiger partial charge in [0.2, 0.25) is 0 Å². The van der Waals surface area contributed by atoms with Gasteiger partial charge in [0.15, 0.2) is 0 Å². The van der Waals surface area contributed by atoms with Crippen LogP contribution in [0.15, 0.2) is 0 Å². The minimum atomic E-state index is 0. The van der Waals surface area contributed by atoms with Gasteiger partial charge in [-0.15, -0.1) is 12.4 Å². The summed E-state index contributed by atoms with van der Waals surface area (Å²) >= 11 is 0. The molecule has 4 heavy (non-hydrogen) atoms. The molecule has 30 valence electrons.